The second kappa shape index (κ2) is 6.48. The van der Waals surface area contributed by atoms with E-state index >= 15 is 0 Å². The Bertz CT molecular complexity index is 337. The van der Waals surface area contributed by atoms with Gasteiger partial charge >= 0.3 is 0 Å². The van der Waals surface area contributed by atoms with Gasteiger partial charge in [0.05, 0.1) is 4.90 Å². The van der Waals surface area contributed by atoms with Gasteiger partial charge in [0.25, 0.3) is 0 Å². The normalized spacial score (nSPS) is 12.3. The average Bonchev–Trinajstić information content (AvgIpc) is 2.25. The lowest BCUT2D eigenvalue weighted by atomic mass is 10.3. The molecule has 4 heteroatoms. The molecule has 0 saturated carbocycles. The fourth-order valence-electron chi connectivity index (χ4n) is 1.05. The van der Waals surface area contributed by atoms with E-state index in [-0.39, 0.29) is 5.82 Å². The molecule has 1 aromatic carbocycles. The molecule has 0 fully saturated rings. The second-order valence-electron chi connectivity index (χ2n) is 3.05. The van der Waals surface area contributed by atoms with Crippen molar-refractivity contribution >= 4 is 11.0 Å². The van der Waals surface area contributed by atoms with E-state index in [2.05, 4.69) is 11.3 Å². The molecular weight excluding hydrogens is 213 g/mol. The molecule has 0 spiro atoms. The lowest BCUT2D eigenvalue weighted by Crippen LogP contribution is -2.18. The first-order chi connectivity index (χ1) is 7.24. The van der Waals surface area contributed by atoms with Gasteiger partial charge in [-0.2, -0.15) is 0 Å². The van der Waals surface area contributed by atoms with Gasteiger partial charge in [-0.05, 0) is 37.1 Å². The first kappa shape index (κ1) is 12.1. The molecule has 82 valence electrons. The van der Waals surface area contributed by atoms with Gasteiger partial charge in [-0.25, -0.2) is 13.3 Å². The number of nitrogens with one attached hydrogen (secondary N) is 1. The molecule has 1 atom stereocenters. The van der Waals surface area contributed by atoms with Gasteiger partial charge in [-0.15, -0.1) is 6.58 Å². The van der Waals surface area contributed by atoms with Gasteiger partial charge in [-0.1, -0.05) is 6.08 Å². The largest absolute Gasteiger partial charge is 0.238 e. The molecule has 0 aliphatic heterocycles. The lowest BCUT2D eigenvalue weighted by molar-refractivity contribution is 0.626. The van der Waals surface area contributed by atoms with Crippen LogP contribution in [0.1, 0.15) is 12.8 Å². The standard InChI is InChI=1S/C11H14FNOS/c1-2-3-4-9-13-15(14)11-7-5-10(12)6-8-11/h2,5-8,13H,1,3-4,9H2. The quantitative estimate of drug-likeness (QED) is 0.587. The van der Waals surface area contributed by atoms with Gasteiger partial charge in [-0.3, -0.25) is 0 Å². The molecule has 2 nitrogen and oxygen atoms in total. The van der Waals surface area contributed by atoms with Crippen molar-refractivity contribution in [2.75, 3.05) is 6.54 Å². The average molecular weight is 227 g/mol. The Labute approximate surface area is 91.8 Å². The molecule has 0 amide bonds. The molecule has 0 aliphatic rings. The zero-order chi connectivity index (χ0) is 11.1. The Morgan fingerprint density at radius 3 is 2.67 bits per heavy atom. The van der Waals surface area contributed by atoms with Crippen LogP contribution >= 0.6 is 0 Å². The summed E-state index contributed by atoms with van der Waals surface area (Å²) < 4.78 is 27.0. The minimum atomic E-state index is -1.25. The van der Waals surface area contributed by atoms with Crippen molar-refractivity contribution < 1.29 is 8.60 Å². The fraction of sp³-hybridized carbons (Fsp3) is 0.273. The third-order valence-electron chi connectivity index (χ3n) is 1.85. The second-order valence-corrected chi connectivity index (χ2v) is 4.35. The fourth-order valence-corrected chi connectivity index (χ4v) is 1.93. The first-order valence-corrected chi connectivity index (χ1v) is 5.91. The van der Waals surface area contributed by atoms with E-state index in [1.165, 1.54) is 24.3 Å². The first-order valence-electron chi connectivity index (χ1n) is 4.76. The Morgan fingerprint density at radius 1 is 1.40 bits per heavy atom. The molecule has 0 radical (unpaired) electrons. The lowest BCUT2D eigenvalue weighted by Gasteiger charge is -2.03. The summed E-state index contributed by atoms with van der Waals surface area (Å²) >= 11 is 0. The maximum absolute atomic E-state index is 12.6. The number of halogens is 1. The summed E-state index contributed by atoms with van der Waals surface area (Å²) in [5.41, 5.74) is 0. The summed E-state index contributed by atoms with van der Waals surface area (Å²) in [6.07, 6.45) is 3.62. The third-order valence-corrected chi connectivity index (χ3v) is 3.01. The van der Waals surface area contributed by atoms with Gasteiger partial charge in [0.2, 0.25) is 0 Å². The van der Waals surface area contributed by atoms with Crippen LogP contribution in [0.2, 0.25) is 0 Å². The molecule has 1 rings (SSSR count). The van der Waals surface area contributed by atoms with Crippen molar-refractivity contribution in [1.29, 1.82) is 0 Å². The van der Waals surface area contributed by atoms with E-state index in [4.69, 9.17) is 0 Å². The number of allylic oxidation sites excluding steroid dienone is 1. The van der Waals surface area contributed by atoms with Crippen LogP contribution in [-0.4, -0.2) is 10.8 Å². The van der Waals surface area contributed by atoms with Crippen molar-refractivity contribution in [3.8, 4) is 0 Å². The zero-order valence-corrected chi connectivity index (χ0v) is 9.23. The van der Waals surface area contributed by atoms with E-state index in [1.807, 2.05) is 6.08 Å². The van der Waals surface area contributed by atoms with Gasteiger partial charge in [0.1, 0.15) is 16.8 Å². The Kier molecular flexibility index (Phi) is 5.21. The van der Waals surface area contributed by atoms with Crippen LogP contribution < -0.4 is 4.72 Å². The van der Waals surface area contributed by atoms with E-state index in [1.54, 1.807) is 0 Å². The monoisotopic (exact) mass is 227 g/mol. The van der Waals surface area contributed by atoms with Crippen molar-refractivity contribution in [3.05, 3.63) is 42.7 Å². The molecule has 0 aliphatic carbocycles. The van der Waals surface area contributed by atoms with E-state index in [0.29, 0.717) is 11.4 Å². The Morgan fingerprint density at radius 2 is 2.07 bits per heavy atom. The molecule has 0 heterocycles. The number of benzene rings is 1. The predicted octanol–water partition coefficient (Wildman–Crippen LogP) is 2.40. The van der Waals surface area contributed by atoms with Crippen LogP contribution in [0.25, 0.3) is 0 Å². The summed E-state index contributed by atoms with van der Waals surface area (Å²) in [5.74, 6) is -0.317. The summed E-state index contributed by atoms with van der Waals surface area (Å²) in [5, 5.41) is 0. The third kappa shape index (κ3) is 4.36. The highest BCUT2D eigenvalue weighted by Crippen LogP contribution is 2.06. The summed E-state index contributed by atoms with van der Waals surface area (Å²) in [6, 6.07) is 5.65. The van der Waals surface area contributed by atoms with Crippen molar-refractivity contribution in [3.63, 3.8) is 0 Å². The molecule has 1 N–H and O–H groups in total. The van der Waals surface area contributed by atoms with Crippen LogP contribution in [0, 0.1) is 5.82 Å². The minimum Gasteiger partial charge on any atom is -0.238 e. The smallest absolute Gasteiger partial charge is 0.124 e. The van der Waals surface area contributed by atoms with Crippen molar-refractivity contribution in [2.45, 2.75) is 17.7 Å². The molecule has 0 aromatic heterocycles. The van der Waals surface area contributed by atoms with E-state index in [9.17, 15) is 8.60 Å². The van der Waals surface area contributed by atoms with Crippen molar-refractivity contribution in [2.24, 2.45) is 0 Å². The maximum atomic E-state index is 12.6. The molecule has 1 aromatic rings. The van der Waals surface area contributed by atoms with Gasteiger partial charge in [0, 0.05) is 6.54 Å². The topological polar surface area (TPSA) is 29.1 Å². The van der Waals surface area contributed by atoms with Crippen LogP contribution in [-0.2, 0) is 11.0 Å². The maximum Gasteiger partial charge on any atom is 0.124 e. The number of hydrogen-bond donors (Lipinski definition) is 1. The van der Waals surface area contributed by atoms with E-state index in [0.717, 1.165) is 12.8 Å². The SMILES string of the molecule is C=CCCCNS(=O)c1ccc(F)cc1. The van der Waals surface area contributed by atoms with Crippen LogP contribution in [0.5, 0.6) is 0 Å². The Balaban J connectivity index is 2.40. The molecular formula is C11H14FNOS. The Hall–Kier alpha value is -1.00. The molecule has 0 saturated heterocycles. The summed E-state index contributed by atoms with van der Waals surface area (Å²) in [4.78, 5) is 0.593. The van der Waals surface area contributed by atoms with Crippen LogP contribution in [0.15, 0.2) is 41.8 Å². The zero-order valence-electron chi connectivity index (χ0n) is 8.41. The van der Waals surface area contributed by atoms with Crippen LogP contribution in [0.3, 0.4) is 0 Å². The predicted molar refractivity (Wildman–Crippen MR) is 60.2 cm³/mol. The van der Waals surface area contributed by atoms with Crippen molar-refractivity contribution in [1.82, 2.24) is 4.72 Å². The highest BCUT2D eigenvalue weighted by atomic mass is 32.2. The van der Waals surface area contributed by atoms with Gasteiger partial charge in [0.15, 0.2) is 0 Å². The van der Waals surface area contributed by atoms with Gasteiger partial charge < -0.3 is 0 Å². The minimum absolute atomic E-state index is 0.317. The molecule has 1 unspecified atom stereocenters. The summed E-state index contributed by atoms with van der Waals surface area (Å²) in [7, 11) is -1.25. The van der Waals surface area contributed by atoms with E-state index < -0.39 is 11.0 Å². The summed E-state index contributed by atoms with van der Waals surface area (Å²) in [6.45, 7) is 4.26. The highest BCUT2D eigenvalue weighted by Gasteiger charge is 2.02. The van der Waals surface area contributed by atoms with Crippen LogP contribution in [0.4, 0.5) is 4.39 Å². The number of unbranched alkanes of at least 4 members (excludes halogenated alkanes) is 1. The molecule has 15 heavy (non-hydrogen) atoms. The number of hydrogen-bond acceptors (Lipinski definition) is 1. The highest BCUT2D eigenvalue weighted by molar-refractivity contribution is 7.83. The number of rotatable bonds is 6. The molecule has 0 bridgehead atoms.